The fourth-order valence-corrected chi connectivity index (χ4v) is 2.95. The molecule has 22 heavy (non-hydrogen) atoms. The van der Waals surface area contributed by atoms with Gasteiger partial charge in [0, 0.05) is 11.8 Å². The Hall–Kier alpha value is -2.14. The van der Waals surface area contributed by atoms with Crippen molar-refractivity contribution < 1.29 is 4.79 Å². The van der Waals surface area contributed by atoms with E-state index in [0.29, 0.717) is 5.56 Å². The Balaban J connectivity index is 2.62. The van der Waals surface area contributed by atoms with E-state index in [-0.39, 0.29) is 17.4 Å². The summed E-state index contributed by atoms with van der Waals surface area (Å²) in [5.41, 5.74) is 3.15. The monoisotopic (exact) mass is 320 g/mol. The number of H-pyrrole nitrogens is 1. The van der Waals surface area contributed by atoms with Crippen LogP contribution in [-0.2, 0) is 6.54 Å². The maximum atomic E-state index is 11.9. The second-order valence-corrected chi connectivity index (χ2v) is 5.82. The number of rotatable bonds is 3. The number of hydrogen-bond acceptors (Lipinski definition) is 3. The molecule has 0 aliphatic rings. The molecule has 1 N–H and O–H groups in total. The van der Waals surface area contributed by atoms with Crippen LogP contribution < -0.4 is 11.2 Å². The molecule has 0 aliphatic heterocycles. The van der Waals surface area contributed by atoms with Crippen molar-refractivity contribution in [3.05, 3.63) is 65.9 Å². The maximum absolute atomic E-state index is 11.9. The molecule has 0 atom stereocenters. The molecule has 0 saturated heterocycles. The molecule has 1 aromatic carbocycles. The number of aryl methyl sites for hydroxylation is 2. The van der Waals surface area contributed by atoms with Gasteiger partial charge in [-0.15, -0.1) is 0 Å². The van der Waals surface area contributed by atoms with Crippen LogP contribution in [0.2, 0.25) is 5.02 Å². The molecule has 2 rings (SSSR count). The summed E-state index contributed by atoms with van der Waals surface area (Å²) >= 11 is 5.78. The number of nitrogens with one attached hydrogen (secondary N) is 1. The molecule has 0 amide bonds. The van der Waals surface area contributed by atoms with E-state index in [0.717, 1.165) is 22.3 Å². The summed E-state index contributed by atoms with van der Waals surface area (Å²) in [5.74, 6) is -0.0110. The fourth-order valence-electron chi connectivity index (χ4n) is 2.78. The summed E-state index contributed by atoms with van der Waals surface area (Å²) in [6.07, 6.45) is 1.31. The van der Waals surface area contributed by atoms with Crippen LogP contribution in [0.1, 0.15) is 39.5 Å². The zero-order chi connectivity index (χ0) is 16.6. The Morgan fingerprint density at radius 2 is 1.86 bits per heavy atom. The predicted molar refractivity (Wildman–Crippen MR) is 86.1 cm³/mol. The van der Waals surface area contributed by atoms with Crippen LogP contribution in [0.3, 0.4) is 0 Å². The maximum Gasteiger partial charge on any atom is 0.328 e. The summed E-state index contributed by atoms with van der Waals surface area (Å²) < 4.78 is 1.33. The van der Waals surface area contributed by atoms with Crippen molar-refractivity contribution in [1.82, 2.24) is 9.55 Å². The second-order valence-electron chi connectivity index (χ2n) is 5.41. The number of Topliss-reactive ketones (excluding diaryl/α,β-unsaturated/α-hetero) is 1. The van der Waals surface area contributed by atoms with Crippen molar-refractivity contribution in [2.45, 2.75) is 34.2 Å². The third kappa shape index (κ3) is 2.90. The quantitative estimate of drug-likeness (QED) is 0.882. The minimum Gasteiger partial charge on any atom is -0.295 e. The van der Waals surface area contributed by atoms with E-state index in [1.165, 1.54) is 17.7 Å². The topological polar surface area (TPSA) is 71.9 Å². The lowest BCUT2D eigenvalue weighted by atomic mass is 9.91. The standard InChI is InChI=1S/C16H17ClN2O3/c1-8-5-9(2)14(11(4)20)10(3)12(8)6-19-7-13(17)15(21)18-16(19)22/h5,7H,6H2,1-4H3,(H,18,21,22). The zero-order valence-corrected chi connectivity index (χ0v) is 13.7. The first kappa shape index (κ1) is 16.2. The summed E-state index contributed by atoms with van der Waals surface area (Å²) in [5, 5.41) is -0.0474. The van der Waals surface area contributed by atoms with Crippen LogP contribution in [-0.4, -0.2) is 15.3 Å². The van der Waals surface area contributed by atoms with Gasteiger partial charge in [-0.3, -0.25) is 19.1 Å². The Kier molecular flexibility index (Phi) is 4.37. The number of aromatic amines is 1. The smallest absolute Gasteiger partial charge is 0.295 e. The first-order chi connectivity index (χ1) is 10.2. The Labute approximate surface area is 132 Å². The van der Waals surface area contributed by atoms with Gasteiger partial charge in [-0.05, 0) is 49.9 Å². The number of hydrogen-bond donors (Lipinski definition) is 1. The second kappa shape index (κ2) is 5.93. The van der Waals surface area contributed by atoms with Crippen molar-refractivity contribution in [2.75, 3.05) is 0 Å². The average Bonchev–Trinajstić information content (AvgIpc) is 2.39. The summed E-state index contributed by atoms with van der Waals surface area (Å²) in [6.45, 7) is 7.45. The van der Waals surface area contributed by atoms with Crippen molar-refractivity contribution in [1.29, 1.82) is 0 Å². The Morgan fingerprint density at radius 3 is 2.45 bits per heavy atom. The third-order valence-corrected chi connectivity index (χ3v) is 4.05. The zero-order valence-electron chi connectivity index (χ0n) is 12.9. The minimum absolute atomic E-state index is 0.0110. The molecule has 5 nitrogen and oxygen atoms in total. The minimum atomic E-state index is -0.607. The lowest BCUT2D eigenvalue weighted by molar-refractivity contribution is 0.101. The van der Waals surface area contributed by atoms with Crippen LogP contribution in [0.15, 0.2) is 21.9 Å². The number of carbonyl (C=O) groups is 1. The molecule has 0 fully saturated rings. The van der Waals surface area contributed by atoms with E-state index >= 15 is 0 Å². The third-order valence-electron chi connectivity index (χ3n) is 3.78. The highest BCUT2D eigenvalue weighted by atomic mass is 35.5. The molecule has 0 saturated carbocycles. The lowest BCUT2D eigenvalue weighted by Gasteiger charge is -2.16. The highest BCUT2D eigenvalue weighted by Gasteiger charge is 2.15. The fraction of sp³-hybridized carbons (Fsp3) is 0.312. The van der Waals surface area contributed by atoms with Gasteiger partial charge in [0.1, 0.15) is 5.02 Å². The number of halogens is 1. The van der Waals surface area contributed by atoms with Crippen molar-refractivity contribution in [2.24, 2.45) is 0 Å². The Morgan fingerprint density at radius 1 is 1.23 bits per heavy atom. The van der Waals surface area contributed by atoms with Gasteiger partial charge in [0.15, 0.2) is 5.78 Å². The van der Waals surface area contributed by atoms with Crippen molar-refractivity contribution >= 4 is 17.4 Å². The normalized spacial score (nSPS) is 10.8. The number of nitrogens with zero attached hydrogens (tertiary/aromatic N) is 1. The molecule has 1 aromatic heterocycles. The van der Waals surface area contributed by atoms with Crippen LogP contribution in [0.4, 0.5) is 0 Å². The van der Waals surface area contributed by atoms with Gasteiger partial charge >= 0.3 is 5.69 Å². The summed E-state index contributed by atoms with van der Waals surface area (Å²) in [4.78, 5) is 37.2. The molecule has 0 radical (unpaired) electrons. The predicted octanol–water partition coefficient (Wildman–Crippen LogP) is 2.37. The lowest BCUT2D eigenvalue weighted by Crippen LogP contribution is -2.30. The van der Waals surface area contributed by atoms with E-state index in [2.05, 4.69) is 4.98 Å². The van der Waals surface area contributed by atoms with Gasteiger partial charge in [-0.1, -0.05) is 17.7 Å². The van der Waals surface area contributed by atoms with Gasteiger partial charge < -0.3 is 0 Å². The van der Waals surface area contributed by atoms with Crippen molar-refractivity contribution in [3.8, 4) is 0 Å². The summed E-state index contributed by atoms with van der Waals surface area (Å²) in [7, 11) is 0. The highest BCUT2D eigenvalue weighted by molar-refractivity contribution is 6.30. The van der Waals surface area contributed by atoms with Crippen LogP contribution in [0.5, 0.6) is 0 Å². The van der Waals surface area contributed by atoms with Gasteiger partial charge in [0.25, 0.3) is 5.56 Å². The number of aromatic nitrogens is 2. The molecule has 116 valence electrons. The van der Waals surface area contributed by atoms with E-state index in [1.54, 1.807) is 0 Å². The number of benzene rings is 1. The van der Waals surface area contributed by atoms with Crippen molar-refractivity contribution in [3.63, 3.8) is 0 Å². The molecule has 2 aromatic rings. The average molecular weight is 321 g/mol. The molecule has 0 unspecified atom stereocenters. The molecule has 0 spiro atoms. The largest absolute Gasteiger partial charge is 0.328 e. The SMILES string of the molecule is CC(=O)c1c(C)cc(C)c(Cn2cc(Cl)c(=O)[nH]c2=O)c1C. The molecule has 0 bridgehead atoms. The van der Waals surface area contributed by atoms with Gasteiger partial charge in [0.05, 0.1) is 6.54 Å². The summed E-state index contributed by atoms with van der Waals surface area (Å²) in [6, 6.07) is 1.93. The molecule has 0 aliphatic carbocycles. The van der Waals surface area contributed by atoms with Gasteiger partial charge in [0.2, 0.25) is 0 Å². The molecule has 6 heteroatoms. The van der Waals surface area contributed by atoms with Gasteiger partial charge in [-0.2, -0.15) is 0 Å². The van der Waals surface area contributed by atoms with Crippen LogP contribution >= 0.6 is 11.6 Å². The molecule has 1 heterocycles. The number of ketones is 1. The van der Waals surface area contributed by atoms with E-state index < -0.39 is 11.2 Å². The Bertz CT molecular complexity index is 878. The highest BCUT2D eigenvalue weighted by Crippen LogP contribution is 2.23. The van der Waals surface area contributed by atoms with Gasteiger partial charge in [-0.25, -0.2) is 4.79 Å². The molecular formula is C16H17ClN2O3. The van der Waals surface area contributed by atoms with Crippen LogP contribution in [0.25, 0.3) is 0 Å². The first-order valence-corrected chi connectivity index (χ1v) is 7.20. The van der Waals surface area contributed by atoms with E-state index in [9.17, 15) is 14.4 Å². The van der Waals surface area contributed by atoms with E-state index in [1.807, 2.05) is 26.8 Å². The van der Waals surface area contributed by atoms with E-state index in [4.69, 9.17) is 11.6 Å². The van der Waals surface area contributed by atoms with Crippen LogP contribution in [0, 0.1) is 20.8 Å². The molecular weight excluding hydrogens is 304 g/mol. The number of carbonyl (C=O) groups excluding carboxylic acids is 1. The first-order valence-electron chi connectivity index (χ1n) is 6.82.